The summed E-state index contributed by atoms with van der Waals surface area (Å²) in [5.74, 6) is 0.0519. The van der Waals surface area contributed by atoms with Gasteiger partial charge in [-0.2, -0.15) is 0 Å². The summed E-state index contributed by atoms with van der Waals surface area (Å²) in [6, 6.07) is 13.2. The van der Waals surface area contributed by atoms with Crippen LogP contribution in [-0.2, 0) is 14.3 Å². The van der Waals surface area contributed by atoms with E-state index in [1.54, 1.807) is 35.2 Å². The smallest absolute Gasteiger partial charge is 0.453 e. The average Bonchev–Trinajstić information content (AvgIpc) is 3.89. The van der Waals surface area contributed by atoms with Crippen molar-refractivity contribution in [2.45, 2.75) is 71.4 Å². The number of hydrogen-bond donors (Lipinski definition) is 3. The zero-order valence-electron chi connectivity index (χ0n) is 35.4. The van der Waals surface area contributed by atoms with Crippen LogP contribution in [0, 0.1) is 17.8 Å². The minimum atomic E-state index is -5.07. The number of fused-ring (bicyclic) bond motifs is 3. The maximum absolute atomic E-state index is 13.9. The summed E-state index contributed by atoms with van der Waals surface area (Å²) in [6.45, 7) is 9.97. The third-order valence-corrected chi connectivity index (χ3v) is 12.3. The van der Waals surface area contributed by atoms with Crippen LogP contribution in [0.15, 0.2) is 60.8 Å². The SMILES string of the molecule is COC(=O)N[C@H](C(=O)N1C[C@@H](C)C[C@H]1c1nc2c(ccc3cc(-c4cc(Cl)c(NC(=O)c5ccc(N6CCN(C(=O)C7CC7)C[C@H]6C)nc5)cc4OC(F)(F)F)ccc32)[nH]1)C(C)C. The number of carbonyl (C=O) groups excluding carboxylic acids is 4. The highest BCUT2D eigenvalue weighted by Gasteiger charge is 2.41. The summed E-state index contributed by atoms with van der Waals surface area (Å²) in [5, 5.41) is 6.62. The number of alkyl carbamates (subject to hydrolysis) is 1. The van der Waals surface area contributed by atoms with Crippen molar-refractivity contribution in [2.24, 2.45) is 17.8 Å². The molecular weight excluding hydrogens is 841 g/mol. The van der Waals surface area contributed by atoms with E-state index < -0.39 is 36.2 Å². The van der Waals surface area contributed by atoms with Gasteiger partial charge in [0.05, 0.1) is 40.5 Å². The molecule has 1 aliphatic carbocycles. The number of ether oxygens (including phenoxy) is 2. The molecule has 2 saturated heterocycles. The largest absolute Gasteiger partial charge is 0.573 e. The fourth-order valence-corrected chi connectivity index (χ4v) is 8.84. The van der Waals surface area contributed by atoms with E-state index in [9.17, 15) is 32.3 Å². The van der Waals surface area contributed by atoms with Gasteiger partial charge in [-0.15, -0.1) is 13.2 Å². The Hall–Kier alpha value is -6.10. The molecule has 4 amide bonds. The third kappa shape index (κ3) is 9.19. The summed E-state index contributed by atoms with van der Waals surface area (Å²) < 4.78 is 51.0. The van der Waals surface area contributed by atoms with Gasteiger partial charge >= 0.3 is 12.5 Å². The van der Waals surface area contributed by atoms with Gasteiger partial charge in [0.15, 0.2) is 0 Å². The van der Waals surface area contributed by atoms with E-state index >= 15 is 0 Å². The monoisotopic (exact) mass is 888 g/mol. The molecule has 2 aliphatic heterocycles. The van der Waals surface area contributed by atoms with E-state index in [1.807, 2.05) is 44.7 Å². The molecule has 3 fully saturated rings. The third-order valence-electron chi connectivity index (χ3n) is 12.0. The molecule has 1 saturated carbocycles. The van der Waals surface area contributed by atoms with Gasteiger partial charge in [0, 0.05) is 61.4 Å². The lowest BCUT2D eigenvalue weighted by molar-refractivity contribution is -0.274. The van der Waals surface area contributed by atoms with Crippen LogP contribution in [-0.4, -0.2) is 100 Å². The Morgan fingerprint density at radius 2 is 1.76 bits per heavy atom. The number of rotatable bonds is 10. The quantitative estimate of drug-likeness (QED) is 0.125. The number of methoxy groups -OCH3 is 1. The van der Waals surface area contributed by atoms with Gasteiger partial charge in [-0.3, -0.25) is 14.4 Å². The summed E-state index contributed by atoms with van der Waals surface area (Å²) in [7, 11) is 1.24. The van der Waals surface area contributed by atoms with E-state index in [-0.39, 0.29) is 57.4 Å². The number of benzene rings is 3. The summed E-state index contributed by atoms with van der Waals surface area (Å²) in [4.78, 5) is 70.4. The first-order valence-corrected chi connectivity index (χ1v) is 21.4. The number of nitrogens with one attached hydrogen (secondary N) is 3. The van der Waals surface area contributed by atoms with Gasteiger partial charge in [-0.25, -0.2) is 14.8 Å². The number of aromatic amines is 1. The van der Waals surface area contributed by atoms with Gasteiger partial charge < -0.3 is 39.8 Å². The highest BCUT2D eigenvalue weighted by Crippen LogP contribution is 2.42. The van der Waals surface area contributed by atoms with Crippen molar-refractivity contribution < 1.29 is 41.8 Å². The molecule has 8 rings (SSSR count). The molecule has 5 aromatic rings. The molecule has 3 aromatic carbocycles. The molecule has 0 bridgehead atoms. The highest BCUT2D eigenvalue weighted by molar-refractivity contribution is 6.34. The fraction of sp³-hybridized carbons (Fsp3) is 0.422. The van der Waals surface area contributed by atoms with Crippen LogP contribution in [0.3, 0.4) is 0 Å². The Morgan fingerprint density at radius 1 is 0.984 bits per heavy atom. The maximum atomic E-state index is 13.9. The molecule has 0 unspecified atom stereocenters. The van der Waals surface area contributed by atoms with Gasteiger partial charge in [0.25, 0.3) is 5.91 Å². The molecule has 0 spiro atoms. The number of H-pyrrole nitrogens is 1. The molecule has 4 heterocycles. The summed E-state index contributed by atoms with van der Waals surface area (Å²) in [6.07, 6.45) is -1.84. The Morgan fingerprint density at radius 3 is 2.43 bits per heavy atom. The number of aromatic nitrogens is 3. The molecule has 2 aromatic heterocycles. The maximum Gasteiger partial charge on any atom is 0.573 e. The summed E-state index contributed by atoms with van der Waals surface area (Å²) in [5.41, 5.74) is 1.77. The first-order chi connectivity index (χ1) is 30.0. The number of halogens is 4. The molecule has 332 valence electrons. The number of pyridine rings is 1. The van der Waals surface area contributed by atoms with Crippen LogP contribution in [0.4, 0.5) is 29.5 Å². The molecule has 4 atom stereocenters. The van der Waals surface area contributed by atoms with E-state index in [2.05, 4.69) is 30.2 Å². The second-order valence-electron chi connectivity index (χ2n) is 17.1. The predicted octanol–water partition coefficient (Wildman–Crippen LogP) is 8.32. The summed E-state index contributed by atoms with van der Waals surface area (Å²) >= 11 is 6.66. The van der Waals surface area contributed by atoms with Crippen molar-refractivity contribution >= 4 is 68.7 Å². The zero-order chi connectivity index (χ0) is 44.9. The number of imidazole rings is 1. The fourth-order valence-electron chi connectivity index (χ4n) is 8.63. The van der Waals surface area contributed by atoms with Crippen LogP contribution < -0.4 is 20.3 Å². The van der Waals surface area contributed by atoms with Crippen molar-refractivity contribution in [3.05, 3.63) is 77.2 Å². The number of hydrogen-bond acceptors (Lipinski definition) is 9. The van der Waals surface area contributed by atoms with Crippen molar-refractivity contribution in [1.82, 2.24) is 30.1 Å². The Bertz CT molecular complexity index is 2580. The van der Waals surface area contributed by atoms with Gasteiger partial charge in [0.1, 0.15) is 23.4 Å². The van der Waals surface area contributed by atoms with E-state index in [0.717, 1.165) is 18.9 Å². The lowest BCUT2D eigenvalue weighted by Crippen LogP contribution is -2.54. The Kier molecular flexibility index (Phi) is 11.9. The van der Waals surface area contributed by atoms with Crippen molar-refractivity contribution in [2.75, 3.05) is 43.5 Å². The van der Waals surface area contributed by atoms with Crippen molar-refractivity contribution in [3.63, 3.8) is 0 Å². The minimum absolute atomic E-state index is 0.0123. The predicted molar refractivity (Wildman–Crippen MR) is 231 cm³/mol. The van der Waals surface area contributed by atoms with Gasteiger partial charge in [-0.1, -0.05) is 50.6 Å². The zero-order valence-corrected chi connectivity index (χ0v) is 36.1. The van der Waals surface area contributed by atoms with E-state index in [1.165, 1.54) is 19.4 Å². The molecule has 63 heavy (non-hydrogen) atoms. The first-order valence-electron chi connectivity index (χ1n) is 21.0. The van der Waals surface area contributed by atoms with Crippen LogP contribution in [0.25, 0.3) is 32.9 Å². The average molecular weight is 889 g/mol. The Balaban J connectivity index is 1.02. The normalized spacial score (nSPS) is 19.7. The Labute approximate surface area is 366 Å². The van der Waals surface area contributed by atoms with Crippen LogP contribution in [0.2, 0.25) is 5.02 Å². The van der Waals surface area contributed by atoms with E-state index in [4.69, 9.17) is 21.3 Å². The molecule has 3 N–H and O–H groups in total. The van der Waals surface area contributed by atoms with Crippen molar-refractivity contribution in [3.8, 4) is 16.9 Å². The number of alkyl halides is 3. The number of amides is 4. The minimum Gasteiger partial charge on any atom is -0.453 e. The van der Waals surface area contributed by atoms with Gasteiger partial charge in [-0.05, 0) is 79.3 Å². The number of piperazine rings is 1. The van der Waals surface area contributed by atoms with Crippen LogP contribution in [0.5, 0.6) is 5.75 Å². The first kappa shape index (κ1) is 43.5. The van der Waals surface area contributed by atoms with Gasteiger partial charge in [0.2, 0.25) is 11.8 Å². The molecule has 18 heteroatoms. The number of carbonyl (C=O) groups is 4. The second kappa shape index (κ2) is 17.2. The molecule has 3 aliphatic rings. The van der Waals surface area contributed by atoms with E-state index in [0.29, 0.717) is 71.6 Å². The standard InChI is InChI=1S/C45H48ClF3N8O6/c1-23(2)38(54-44(61)62-5)43(60)57-21-24(3)16-35(57)40-51-33-12-9-27-17-28(8-11-30(27)39(33)53-40)31-18-32(46)34(19-36(31)63-45(47,48)49)52-41(58)29-10-13-37(50-20-29)56-15-14-55(22-25(56)4)42(59)26-6-7-26/h8-13,17-20,23-26,35,38H,6-7,14-16,21-22H2,1-5H3,(H,51,53)(H,52,58)(H,54,61)/t24-,25+,35-,38-/m0/s1. The van der Waals surface area contributed by atoms with Crippen molar-refractivity contribution in [1.29, 1.82) is 0 Å². The van der Waals surface area contributed by atoms with Crippen LogP contribution >= 0.6 is 11.6 Å². The number of nitrogens with zero attached hydrogens (tertiary/aromatic N) is 5. The molecule has 14 nitrogen and oxygen atoms in total. The molecular formula is C45H48ClF3N8O6. The molecule has 0 radical (unpaired) electrons. The second-order valence-corrected chi connectivity index (χ2v) is 17.5. The lowest BCUT2D eigenvalue weighted by Gasteiger charge is -2.40. The van der Waals surface area contributed by atoms with Crippen LogP contribution in [0.1, 0.15) is 69.2 Å². The number of anilines is 2. The highest BCUT2D eigenvalue weighted by atomic mass is 35.5. The number of likely N-dealkylation sites (tertiary alicyclic amines) is 1. The topological polar surface area (TPSA) is 162 Å². The lowest BCUT2D eigenvalue weighted by atomic mass is 9.99.